The molecule has 6 nitrogen and oxygen atoms in total. The summed E-state index contributed by atoms with van der Waals surface area (Å²) in [4.78, 5) is 13.6. The molecule has 0 aromatic carbocycles. The first-order valence-electron chi connectivity index (χ1n) is 6.34. The van der Waals surface area contributed by atoms with E-state index < -0.39 is 0 Å². The normalized spacial score (nSPS) is 16.9. The molecule has 2 heterocycles. The Kier molecular flexibility index (Phi) is 3.45. The topological polar surface area (TPSA) is 76.2 Å². The number of rotatable bonds is 2. The third-order valence-electron chi connectivity index (χ3n) is 3.19. The highest BCUT2D eigenvalue weighted by Gasteiger charge is 2.23. The van der Waals surface area contributed by atoms with E-state index in [-0.39, 0.29) is 11.8 Å². The zero-order valence-corrected chi connectivity index (χ0v) is 11.2. The van der Waals surface area contributed by atoms with Crippen LogP contribution in [0.2, 0.25) is 0 Å². The van der Waals surface area contributed by atoms with E-state index in [1.165, 1.54) is 0 Å². The number of nitrogens with two attached hydrogens (primary N) is 1. The number of aromatic nitrogens is 2. The first kappa shape index (κ1) is 12.7. The minimum Gasteiger partial charge on any atom is -0.394 e. The summed E-state index contributed by atoms with van der Waals surface area (Å²) in [5.74, 6) is 1.18. The maximum atomic E-state index is 11.6. The van der Waals surface area contributed by atoms with Gasteiger partial charge in [-0.05, 0) is 12.3 Å². The van der Waals surface area contributed by atoms with Crippen molar-refractivity contribution in [2.75, 3.05) is 30.3 Å². The number of anilines is 2. The molecule has 0 aliphatic carbocycles. The van der Waals surface area contributed by atoms with Crippen molar-refractivity contribution >= 4 is 17.4 Å². The molecule has 1 aromatic rings. The second kappa shape index (κ2) is 4.88. The second-order valence-electron chi connectivity index (χ2n) is 5.03. The van der Waals surface area contributed by atoms with Crippen LogP contribution in [-0.4, -0.2) is 35.3 Å². The van der Waals surface area contributed by atoms with Gasteiger partial charge in [-0.15, -0.1) is 0 Å². The van der Waals surface area contributed by atoms with Gasteiger partial charge in [-0.2, -0.15) is 5.10 Å². The molecule has 100 valence electrons. The van der Waals surface area contributed by atoms with Crippen LogP contribution < -0.4 is 16.0 Å². The Hall–Kier alpha value is -1.72. The van der Waals surface area contributed by atoms with Crippen LogP contribution in [0.1, 0.15) is 31.9 Å². The number of amides is 1. The first-order valence-corrected chi connectivity index (χ1v) is 6.34. The van der Waals surface area contributed by atoms with E-state index in [1.807, 2.05) is 11.9 Å². The molecule has 0 radical (unpaired) electrons. The fourth-order valence-electron chi connectivity index (χ4n) is 2.34. The first-order chi connectivity index (χ1) is 8.50. The Morgan fingerprint density at radius 2 is 2.17 bits per heavy atom. The van der Waals surface area contributed by atoms with E-state index in [2.05, 4.69) is 24.3 Å². The second-order valence-corrected chi connectivity index (χ2v) is 5.03. The zero-order chi connectivity index (χ0) is 13.3. The van der Waals surface area contributed by atoms with Gasteiger partial charge >= 0.3 is 0 Å². The Labute approximate surface area is 107 Å². The average Bonchev–Trinajstić information content (AvgIpc) is 2.47. The molecule has 1 aliphatic rings. The maximum Gasteiger partial charge on any atom is 0.239 e. The van der Waals surface area contributed by atoms with Gasteiger partial charge in [0.05, 0.1) is 17.9 Å². The van der Waals surface area contributed by atoms with Crippen LogP contribution in [0.15, 0.2) is 0 Å². The maximum absolute atomic E-state index is 11.6. The van der Waals surface area contributed by atoms with Crippen molar-refractivity contribution < 1.29 is 4.79 Å². The van der Waals surface area contributed by atoms with Gasteiger partial charge in [-0.1, -0.05) is 13.8 Å². The van der Waals surface area contributed by atoms with Gasteiger partial charge in [0.1, 0.15) is 0 Å². The largest absolute Gasteiger partial charge is 0.394 e. The van der Waals surface area contributed by atoms with E-state index in [0.717, 1.165) is 31.0 Å². The Morgan fingerprint density at radius 1 is 1.44 bits per heavy atom. The van der Waals surface area contributed by atoms with Crippen molar-refractivity contribution in [3.8, 4) is 0 Å². The van der Waals surface area contributed by atoms with E-state index in [4.69, 9.17) is 5.73 Å². The van der Waals surface area contributed by atoms with Gasteiger partial charge in [-0.3, -0.25) is 9.48 Å². The molecule has 0 spiro atoms. The van der Waals surface area contributed by atoms with Gasteiger partial charge in [-0.25, -0.2) is 0 Å². The number of nitrogens with zero attached hydrogens (tertiary/aromatic N) is 3. The molecule has 1 amide bonds. The van der Waals surface area contributed by atoms with Crippen molar-refractivity contribution in [1.29, 1.82) is 0 Å². The Balaban J connectivity index is 2.34. The molecule has 0 bridgehead atoms. The Morgan fingerprint density at radius 3 is 2.78 bits per heavy atom. The van der Waals surface area contributed by atoms with Crippen molar-refractivity contribution in [3.05, 3.63) is 5.69 Å². The van der Waals surface area contributed by atoms with Gasteiger partial charge in [0.15, 0.2) is 5.82 Å². The number of hydrogen-bond donors (Lipinski definition) is 2. The molecular weight excluding hydrogens is 230 g/mol. The number of nitrogens with one attached hydrogen (secondary N) is 1. The lowest BCUT2D eigenvalue weighted by Crippen LogP contribution is -2.34. The molecule has 1 fully saturated rings. The van der Waals surface area contributed by atoms with E-state index in [9.17, 15) is 4.79 Å². The van der Waals surface area contributed by atoms with Crippen molar-refractivity contribution in [3.63, 3.8) is 0 Å². The molecule has 1 aliphatic heterocycles. The van der Waals surface area contributed by atoms with Gasteiger partial charge < -0.3 is 16.0 Å². The van der Waals surface area contributed by atoms with Crippen molar-refractivity contribution in [2.45, 2.75) is 26.2 Å². The molecule has 3 N–H and O–H groups in total. The van der Waals surface area contributed by atoms with E-state index in [0.29, 0.717) is 12.2 Å². The van der Waals surface area contributed by atoms with Crippen LogP contribution in [0.5, 0.6) is 0 Å². The lowest BCUT2D eigenvalue weighted by atomic mass is 10.1. The average molecular weight is 251 g/mol. The number of aryl methyl sites for hydroxylation is 1. The summed E-state index contributed by atoms with van der Waals surface area (Å²) in [5.41, 5.74) is 7.77. The van der Waals surface area contributed by atoms with Crippen LogP contribution in [0.4, 0.5) is 11.5 Å². The predicted molar refractivity (Wildman–Crippen MR) is 71.5 cm³/mol. The predicted octanol–water partition coefficient (Wildman–Crippen LogP) is 0.452. The third kappa shape index (κ3) is 2.27. The molecule has 1 aromatic heterocycles. The van der Waals surface area contributed by atoms with Crippen LogP contribution in [0.25, 0.3) is 0 Å². The Bertz CT molecular complexity index is 452. The van der Waals surface area contributed by atoms with Crippen molar-refractivity contribution in [2.24, 2.45) is 7.05 Å². The van der Waals surface area contributed by atoms with E-state index >= 15 is 0 Å². The lowest BCUT2D eigenvalue weighted by Gasteiger charge is -2.21. The molecule has 0 atom stereocenters. The summed E-state index contributed by atoms with van der Waals surface area (Å²) in [5, 5.41) is 7.32. The fourth-order valence-corrected chi connectivity index (χ4v) is 2.34. The molecule has 0 saturated carbocycles. The van der Waals surface area contributed by atoms with E-state index in [1.54, 1.807) is 4.68 Å². The van der Waals surface area contributed by atoms with Gasteiger partial charge in [0.2, 0.25) is 5.91 Å². The highest BCUT2D eigenvalue weighted by molar-refractivity contribution is 5.83. The SMILES string of the molecule is CC(C)c1nn(C)c(N2CCCNC(=O)C2)c1N. The minimum atomic E-state index is 0.0409. The van der Waals surface area contributed by atoms with Gasteiger partial charge in [0.25, 0.3) is 0 Å². The molecule has 2 rings (SSSR count). The molecule has 18 heavy (non-hydrogen) atoms. The number of hydrogen-bond acceptors (Lipinski definition) is 4. The lowest BCUT2D eigenvalue weighted by molar-refractivity contribution is -0.119. The highest BCUT2D eigenvalue weighted by Crippen LogP contribution is 2.30. The summed E-state index contributed by atoms with van der Waals surface area (Å²) >= 11 is 0. The molecule has 1 saturated heterocycles. The number of carbonyl (C=O) groups is 1. The summed E-state index contributed by atoms with van der Waals surface area (Å²) in [7, 11) is 1.88. The number of carbonyl (C=O) groups excluding carboxylic acids is 1. The zero-order valence-electron chi connectivity index (χ0n) is 11.2. The molecule has 6 heteroatoms. The van der Waals surface area contributed by atoms with Crippen LogP contribution in [-0.2, 0) is 11.8 Å². The molecule has 0 unspecified atom stereocenters. The van der Waals surface area contributed by atoms with Gasteiger partial charge in [0, 0.05) is 20.1 Å². The highest BCUT2D eigenvalue weighted by atomic mass is 16.2. The minimum absolute atomic E-state index is 0.0409. The number of nitrogen functional groups attached to an aromatic ring is 1. The van der Waals surface area contributed by atoms with Crippen LogP contribution in [0, 0.1) is 0 Å². The third-order valence-corrected chi connectivity index (χ3v) is 3.19. The summed E-state index contributed by atoms with van der Waals surface area (Å²) in [6, 6.07) is 0. The summed E-state index contributed by atoms with van der Waals surface area (Å²) in [6.45, 7) is 6.03. The summed E-state index contributed by atoms with van der Waals surface area (Å²) in [6.07, 6.45) is 0.924. The van der Waals surface area contributed by atoms with Crippen LogP contribution >= 0.6 is 0 Å². The van der Waals surface area contributed by atoms with Crippen molar-refractivity contribution in [1.82, 2.24) is 15.1 Å². The smallest absolute Gasteiger partial charge is 0.239 e. The molecular formula is C12H21N5O. The monoisotopic (exact) mass is 251 g/mol. The summed E-state index contributed by atoms with van der Waals surface area (Å²) < 4.78 is 1.78. The fraction of sp³-hybridized carbons (Fsp3) is 0.667. The standard InChI is InChI=1S/C12H21N5O/c1-8(2)11-10(13)12(16(3)15-11)17-6-4-5-14-9(18)7-17/h8H,4-7,13H2,1-3H3,(H,14,18). The quantitative estimate of drug-likeness (QED) is 0.800. The van der Waals surface area contributed by atoms with Crippen LogP contribution in [0.3, 0.4) is 0 Å².